The first-order chi connectivity index (χ1) is 17.3. The van der Waals surface area contributed by atoms with Crippen molar-refractivity contribution in [2.24, 2.45) is 0 Å². The van der Waals surface area contributed by atoms with Gasteiger partial charge in [0.25, 0.3) is 0 Å². The van der Waals surface area contributed by atoms with Gasteiger partial charge in [0, 0.05) is 43.4 Å². The van der Waals surface area contributed by atoms with Crippen LogP contribution in [0.15, 0.2) is 35.4 Å². The highest BCUT2D eigenvalue weighted by molar-refractivity contribution is 5.78. The Kier molecular flexibility index (Phi) is 10.2. The van der Waals surface area contributed by atoms with E-state index in [1.165, 1.54) is 6.20 Å². The van der Waals surface area contributed by atoms with Gasteiger partial charge < -0.3 is 24.6 Å². The molecule has 3 aromatic heterocycles. The minimum absolute atomic E-state index is 0.0226. The van der Waals surface area contributed by atoms with Gasteiger partial charge in [0.05, 0.1) is 25.7 Å². The zero-order chi connectivity index (χ0) is 25.9. The summed E-state index contributed by atoms with van der Waals surface area (Å²) in [6, 6.07) is 1.02. The fourth-order valence-electron chi connectivity index (χ4n) is 4.10. The highest BCUT2D eigenvalue weighted by atomic mass is 16.4. The summed E-state index contributed by atoms with van der Waals surface area (Å²) in [5.74, 6) is 1.74. The molecular weight excluding hydrogens is 460 g/mol. The number of hydrogen-bond donors (Lipinski definition) is 3. The minimum atomic E-state index is -0.183. The Labute approximate surface area is 212 Å². The lowest BCUT2D eigenvalue weighted by Gasteiger charge is -2.30. The number of H-pyrrole nitrogens is 2. The fourth-order valence-corrected chi connectivity index (χ4v) is 4.10. The largest absolute Gasteiger partial charge is 0.445 e. The number of hydrogen-bond acceptors (Lipinski definition) is 7. The van der Waals surface area contributed by atoms with Crippen LogP contribution < -0.4 is 5.32 Å². The molecule has 0 aromatic carbocycles. The van der Waals surface area contributed by atoms with Crippen LogP contribution >= 0.6 is 0 Å². The summed E-state index contributed by atoms with van der Waals surface area (Å²) in [5.41, 5.74) is 0. The Bertz CT molecular complexity index is 999. The number of carbonyl (C=O) groups is 2. The lowest BCUT2D eigenvalue weighted by atomic mass is 10.2. The van der Waals surface area contributed by atoms with E-state index in [1.54, 1.807) is 29.7 Å². The number of amides is 2. The van der Waals surface area contributed by atoms with Crippen molar-refractivity contribution in [1.29, 1.82) is 0 Å². The van der Waals surface area contributed by atoms with Crippen molar-refractivity contribution in [1.82, 2.24) is 40.0 Å². The number of unbranched alkanes of at least 4 members (excludes halogenated alkanes) is 1. The van der Waals surface area contributed by atoms with Crippen molar-refractivity contribution in [3.63, 3.8) is 0 Å². The van der Waals surface area contributed by atoms with Gasteiger partial charge in [0.1, 0.15) is 23.8 Å². The van der Waals surface area contributed by atoms with E-state index in [9.17, 15) is 9.59 Å². The van der Waals surface area contributed by atoms with Crippen LogP contribution in [0.5, 0.6) is 0 Å². The average Bonchev–Trinajstić information content (AvgIpc) is 3.59. The Morgan fingerprint density at radius 1 is 0.944 bits per heavy atom. The highest BCUT2D eigenvalue weighted by Gasteiger charge is 2.20. The first-order valence-corrected chi connectivity index (χ1v) is 12.5. The molecule has 3 N–H and O–H groups in total. The maximum Gasteiger partial charge on any atom is 0.232 e. The van der Waals surface area contributed by atoms with E-state index in [0.717, 1.165) is 19.4 Å². The SMILES string of the molecule is CC(C)N(CCCCNC(=O)Cc1cnc(CC(=O)N(Cc2ncc[nH]2)Cc2ncc[nH]2)o1)C(C)C. The monoisotopic (exact) mass is 498 g/mol. The van der Waals surface area contributed by atoms with E-state index >= 15 is 0 Å². The van der Waals surface area contributed by atoms with E-state index in [0.29, 0.717) is 49.1 Å². The molecule has 0 radical (unpaired) electrons. The molecule has 0 aliphatic carbocycles. The van der Waals surface area contributed by atoms with Gasteiger partial charge in [-0.05, 0) is 47.1 Å². The van der Waals surface area contributed by atoms with Crippen molar-refractivity contribution in [3.05, 3.63) is 54.3 Å². The number of nitrogens with zero attached hydrogens (tertiary/aromatic N) is 5. The third-order valence-electron chi connectivity index (χ3n) is 5.87. The second-order valence-corrected chi connectivity index (χ2v) is 9.38. The normalized spacial score (nSPS) is 11.5. The zero-order valence-corrected chi connectivity index (χ0v) is 21.7. The second-order valence-electron chi connectivity index (χ2n) is 9.38. The molecule has 0 saturated carbocycles. The number of imidazole rings is 2. The molecule has 11 heteroatoms. The molecule has 11 nitrogen and oxygen atoms in total. The predicted molar refractivity (Wildman–Crippen MR) is 135 cm³/mol. The van der Waals surface area contributed by atoms with Crippen LogP contribution in [0.3, 0.4) is 0 Å². The Morgan fingerprint density at radius 2 is 1.58 bits per heavy atom. The van der Waals surface area contributed by atoms with Crippen molar-refractivity contribution in [2.75, 3.05) is 13.1 Å². The Balaban J connectivity index is 1.44. The number of aromatic nitrogens is 5. The summed E-state index contributed by atoms with van der Waals surface area (Å²) in [4.78, 5) is 48.0. The minimum Gasteiger partial charge on any atom is -0.445 e. The first kappa shape index (κ1) is 27.1. The Morgan fingerprint density at radius 3 is 2.14 bits per heavy atom. The van der Waals surface area contributed by atoms with Gasteiger partial charge in [-0.25, -0.2) is 15.0 Å². The molecule has 0 aliphatic heterocycles. The van der Waals surface area contributed by atoms with E-state index in [-0.39, 0.29) is 30.5 Å². The van der Waals surface area contributed by atoms with Crippen LogP contribution in [-0.4, -0.2) is 71.7 Å². The second kappa shape index (κ2) is 13.6. The highest BCUT2D eigenvalue weighted by Crippen LogP contribution is 2.11. The molecule has 3 heterocycles. The van der Waals surface area contributed by atoms with Crippen LogP contribution in [0.1, 0.15) is 63.8 Å². The van der Waals surface area contributed by atoms with Gasteiger partial charge in [-0.3, -0.25) is 14.5 Å². The molecule has 3 aromatic rings. The number of oxazole rings is 1. The molecular formula is C25H38N8O3. The smallest absolute Gasteiger partial charge is 0.232 e. The number of nitrogens with one attached hydrogen (secondary N) is 3. The predicted octanol–water partition coefficient (Wildman–Crippen LogP) is 2.45. The quantitative estimate of drug-likeness (QED) is 0.274. The van der Waals surface area contributed by atoms with E-state index in [2.05, 4.69) is 62.8 Å². The maximum atomic E-state index is 13.0. The van der Waals surface area contributed by atoms with Gasteiger partial charge in [-0.15, -0.1) is 0 Å². The van der Waals surface area contributed by atoms with Crippen LogP contribution in [-0.2, 0) is 35.5 Å². The fraction of sp³-hybridized carbons (Fsp3) is 0.560. The molecule has 0 aliphatic rings. The van der Waals surface area contributed by atoms with E-state index in [1.807, 2.05) is 0 Å². The van der Waals surface area contributed by atoms with Gasteiger partial charge >= 0.3 is 0 Å². The lowest BCUT2D eigenvalue weighted by Crippen LogP contribution is -2.38. The topological polar surface area (TPSA) is 136 Å². The third kappa shape index (κ3) is 8.63. The van der Waals surface area contributed by atoms with Crippen molar-refractivity contribution >= 4 is 11.8 Å². The molecule has 0 bridgehead atoms. The molecule has 0 atom stereocenters. The molecule has 0 spiro atoms. The first-order valence-electron chi connectivity index (χ1n) is 12.5. The van der Waals surface area contributed by atoms with Crippen molar-refractivity contribution in [2.45, 2.75) is 78.6 Å². The number of rotatable bonds is 15. The molecule has 0 unspecified atom stereocenters. The molecule has 36 heavy (non-hydrogen) atoms. The van der Waals surface area contributed by atoms with Crippen LogP contribution in [0.4, 0.5) is 0 Å². The summed E-state index contributed by atoms with van der Waals surface area (Å²) >= 11 is 0. The van der Waals surface area contributed by atoms with Gasteiger partial charge in [-0.1, -0.05) is 0 Å². The summed E-state index contributed by atoms with van der Waals surface area (Å²) in [6.45, 7) is 11.1. The Hall–Kier alpha value is -3.47. The molecule has 0 saturated heterocycles. The van der Waals surface area contributed by atoms with E-state index < -0.39 is 0 Å². The summed E-state index contributed by atoms with van der Waals surface area (Å²) in [5, 5.41) is 2.94. The maximum absolute atomic E-state index is 13.0. The summed E-state index contributed by atoms with van der Waals surface area (Å²) in [7, 11) is 0. The molecule has 3 rings (SSSR count). The van der Waals surface area contributed by atoms with Crippen molar-refractivity contribution in [3.8, 4) is 0 Å². The van der Waals surface area contributed by atoms with Crippen LogP contribution in [0, 0.1) is 0 Å². The van der Waals surface area contributed by atoms with Gasteiger partial charge in [0.2, 0.25) is 17.7 Å². The third-order valence-corrected chi connectivity index (χ3v) is 5.87. The van der Waals surface area contributed by atoms with Crippen LogP contribution in [0.2, 0.25) is 0 Å². The summed E-state index contributed by atoms with van der Waals surface area (Å²) in [6.07, 6.45) is 10.2. The summed E-state index contributed by atoms with van der Waals surface area (Å²) < 4.78 is 5.68. The lowest BCUT2D eigenvalue weighted by molar-refractivity contribution is -0.132. The molecule has 196 valence electrons. The van der Waals surface area contributed by atoms with Crippen molar-refractivity contribution < 1.29 is 14.0 Å². The molecule has 2 amide bonds. The van der Waals surface area contributed by atoms with Crippen LogP contribution in [0.25, 0.3) is 0 Å². The standard InChI is InChI=1S/C25H38N8O3/c1-18(2)33(19(3)4)12-6-5-7-30-23(34)13-20-15-31-24(36-20)14-25(35)32(16-21-26-8-9-27-21)17-22-28-10-11-29-22/h8-11,15,18-19H,5-7,12-14,16-17H2,1-4H3,(H,26,27)(H,28,29)(H,30,34). The number of carbonyl (C=O) groups excluding carboxylic acids is 2. The zero-order valence-electron chi connectivity index (χ0n) is 21.7. The average molecular weight is 499 g/mol. The van der Waals surface area contributed by atoms with Gasteiger partial charge in [-0.2, -0.15) is 0 Å². The molecule has 0 fully saturated rings. The van der Waals surface area contributed by atoms with Gasteiger partial charge in [0.15, 0.2) is 0 Å². The van der Waals surface area contributed by atoms with E-state index in [4.69, 9.17) is 4.42 Å². The number of aromatic amines is 2.